The maximum atomic E-state index is 6.40. The third-order valence-electron chi connectivity index (χ3n) is 3.41. The van der Waals surface area contributed by atoms with E-state index in [1.807, 2.05) is 18.2 Å². The molecule has 2 aromatic rings. The van der Waals surface area contributed by atoms with Crippen LogP contribution in [0.4, 0.5) is 0 Å². The molecule has 0 saturated heterocycles. The molecule has 1 atom stereocenters. The van der Waals surface area contributed by atoms with Crippen LogP contribution in [0, 0.1) is 5.41 Å². The van der Waals surface area contributed by atoms with Crippen LogP contribution in [0.25, 0.3) is 11.0 Å². The van der Waals surface area contributed by atoms with Crippen LogP contribution in [-0.2, 0) is 0 Å². The summed E-state index contributed by atoms with van der Waals surface area (Å²) in [6, 6.07) is 6.02. The number of hydrogen-bond donors (Lipinski definition) is 1. The number of benzene rings is 1. The van der Waals surface area contributed by atoms with E-state index in [2.05, 4.69) is 39.2 Å². The summed E-state index contributed by atoms with van der Waals surface area (Å²) in [7, 11) is 0. The lowest BCUT2D eigenvalue weighted by atomic mass is 9.87. The molecule has 0 saturated carbocycles. The number of nitrogens with zero attached hydrogens (tertiary/aromatic N) is 2. The Morgan fingerprint density at radius 1 is 1.26 bits per heavy atom. The van der Waals surface area contributed by atoms with E-state index < -0.39 is 0 Å². The van der Waals surface area contributed by atoms with Crippen LogP contribution in [0.2, 0.25) is 5.02 Å². The molecule has 0 fully saturated rings. The van der Waals surface area contributed by atoms with E-state index in [0.717, 1.165) is 16.9 Å². The summed E-state index contributed by atoms with van der Waals surface area (Å²) in [5.74, 6) is 0.930. The van der Waals surface area contributed by atoms with Crippen LogP contribution in [0.1, 0.15) is 52.5 Å². The SMILES string of the molecule is CC(C)n1c(C(N)C(C)(C)C)nc2cc(Cl)ccc21. The zero-order valence-electron chi connectivity index (χ0n) is 12.2. The van der Waals surface area contributed by atoms with Crippen LogP contribution >= 0.6 is 11.6 Å². The monoisotopic (exact) mass is 279 g/mol. The normalized spacial score (nSPS) is 14.3. The Bertz CT molecular complexity index is 593. The van der Waals surface area contributed by atoms with Gasteiger partial charge in [0, 0.05) is 11.1 Å². The molecule has 0 radical (unpaired) electrons. The molecule has 3 nitrogen and oxygen atoms in total. The highest BCUT2D eigenvalue weighted by Crippen LogP contribution is 2.34. The van der Waals surface area contributed by atoms with Crippen LogP contribution in [-0.4, -0.2) is 9.55 Å². The van der Waals surface area contributed by atoms with Crippen molar-refractivity contribution in [3.05, 3.63) is 29.0 Å². The van der Waals surface area contributed by atoms with Gasteiger partial charge >= 0.3 is 0 Å². The lowest BCUT2D eigenvalue weighted by Crippen LogP contribution is -2.29. The molecule has 1 unspecified atom stereocenters. The summed E-state index contributed by atoms with van der Waals surface area (Å²) in [5.41, 5.74) is 8.37. The van der Waals surface area contributed by atoms with Gasteiger partial charge in [-0.1, -0.05) is 32.4 Å². The molecule has 0 spiro atoms. The number of aromatic nitrogens is 2. The van der Waals surface area contributed by atoms with Gasteiger partial charge in [-0.05, 0) is 37.5 Å². The number of nitrogens with two attached hydrogens (primary N) is 1. The topological polar surface area (TPSA) is 43.8 Å². The van der Waals surface area contributed by atoms with Crippen molar-refractivity contribution in [1.82, 2.24) is 9.55 Å². The third kappa shape index (κ3) is 2.63. The van der Waals surface area contributed by atoms with Crippen LogP contribution in [0.15, 0.2) is 18.2 Å². The molecular weight excluding hydrogens is 258 g/mol. The first-order valence-electron chi connectivity index (χ1n) is 6.65. The third-order valence-corrected chi connectivity index (χ3v) is 3.64. The van der Waals surface area contributed by atoms with Crippen molar-refractivity contribution in [2.45, 2.75) is 46.7 Å². The summed E-state index contributed by atoms with van der Waals surface area (Å²) in [6.45, 7) is 10.7. The number of hydrogen-bond acceptors (Lipinski definition) is 2. The minimum absolute atomic E-state index is 0.0299. The molecule has 0 aliphatic rings. The Hall–Kier alpha value is -1.06. The van der Waals surface area contributed by atoms with Crippen molar-refractivity contribution in [3.8, 4) is 0 Å². The lowest BCUT2D eigenvalue weighted by Gasteiger charge is -2.28. The molecule has 1 aromatic carbocycles. The second-order valence-corrected chi connectivity index (χ2v) is 6.85. The predicted molar refractivity (Wildman–Crippen MR) is 81.5 cm³/mol. The van der Waals surface area contributed by atoms with Gasteiger partial charge < -0.3 is 10.3 Å². The van der Waals surface area contributed by atoms with Gasteiger partial charge in [0.1, 0.15) is 5.82 Å². The van der Waals surface area contributed by atoms with Crippen molar-refractivity contribution < 1.29 is 0 Å². The van der Waals surface area contributed by atoms with Gasteiger partial charge in [0.2, 0.25) is 0 Å². The van der Waals surface area contributed by atoms with Gasteiger partial charge in [-0.2, -0.15) is 0 Å². The molecule has 104 valence electrons. The van der Waals surface area contributed by atoms with E-state index in [-0.39, 0.29) is 11.5 Å². The summed E-state index contributed by atoms with van der Waals surface area (Å²) in [4.78, 5) is 4.71. The minimum Gasteiger partial charge on any atom is -0.324 e. The average Bonchev–Trinajstić information content (AvgIpc) is 2.64. The molecule has 0 bridgehead atoms. The van der Waals surface area contributed by atoms with Crippen molar-refractivity contribution in [2.24, 2.45) is 11.1 Å². The molecular formula is C15H22ClN3. The van der Waals surface area contributed by atoms with Crippen LogP contribution in [0.5, 0.6) is 0 Å². The zero-order chi connectivity index (χ0) is 14.4. The molecule has 0 aliphatic heterocycles. The molecule has 2 N–H and O–H groups in total. The number of fused-ring (bicyclic) bond motifs is 1. The number of rotatable bonds is 2. The zero-order valence-corrected chi connectivity index (χ0v) is 13.0. The van der Waals surface area contributed by atoms with Gasteiger partial charge in [-0.15, -0.1) is 0 Å². The largest absolute Gasteiger partial charge is 0.324 e. The highest BCUT2D eigenvalue weighted by atomic mass is 35.5. The van der Waals surface area contributed by atoms with E-state index >= 15 is 0 Å². The molecule has 0 aliphatic carbocycles. The Labute approximate surface area is 119 Å². The van der Waals surface area contributed by atoms with E-state index in [9.17, 15) is 0 Å². The van der Waals surface area contributed by atoms with E-state index in [1.165, 1.54) is 0 Å². The van der Waals surface area contributed by atoms with E-state index in [4.69, 9.17) is 22.3 Å². The van der Waals surface area contributed by atoms with Crippen molar-refractivity contribution in [3.63, 3.8) is 0 Å². The smallest absolute Gasteiger partial charge is 0.127 e. The molecule has 1 heterocycles. The summed E-state index contributed by atoms with van der Waals surface area (Å²) in [5, 5.41) is 0.705. The molecule has 2 rings (SSSR count). The maximum Gasteiger partial charge on any atom is 0.127 e. The van der Waals surface area contributed by atoms with Gasteiger partial charge in [-0.25, -0.2) is 4.98 Å². The quantitative estimate of drug-likeness (QED) is 0.890. The highest BCUT2D eigenvalue weighted by molar-refractivity contribution is 6.31. The van der Waals surface area contributed by atoms with Crippen LogP contribution < -0.4 is 5.73 Å². The molecule has 19 heavy (non-hydrogen) atoms. The Morgan fingerprint density at radius 2 is 1.89 bits per heavy atom. The Morgan fingerprint density at radius 3 is 2.42 bits per heavy atom. The van der Waals surface area contributed by atoms with Gasteiger partial charge in [0.05, 0.1) is 17.1 Å². The first-order valence-corrected chi connectivity index (χ1v) is 7.02. The molecule has 0 amide bonds. The van der Waals surface area contributed by atoms with E-state index in [0.29, 0.717) is 11.1 Å². The second-order valence-electron chi connectivity index (χ2n) is 6.41. The maximum absolute atomic E-state index is 6.40. The predicted octanol–water partition coefficient (Wildman–Crippen LogP) is 4.32. The average molecular weight is 280 g/mol. The standard InChI is InChI=1S/C15H22ClN3/c1-9(2)19-12-7-6-10(16)8-11(12)18-14(19)13(17)15(3,4)5/h6-9,13H,17H2,1-5H3. The first kappa shape index (κ1) is 14.4. The van der Waals surface area contributed by atoms with Gasteiger partial charge in [0.15, 0.2) is 0 Å². The van der Waals surface area contributed by atoms with Crippen LogP contribution in [0.3, 0.4) is 0 Å². The fourth-order valence-electron chi connectivity index (χ4n) is 2.24. The van der Waals surface area contributed by atoms with Crippen molar-refractivity contribution in [2.75, 3.05) is 0 Å². The summed E-state index contributed by atoms with van der Waals surface area (Å²) < 4.78 is 2.21. The fourth-order valence-corrected chi connectivity index (χ4v) is 2.41. The summed E-state index contributed by atoms with van der Waals surface area (Å²) in [6.07, 6.45) is 0. The van der Waals surface area contributed by atoms with Crippen molar-refractivity contribution in [1.29, 1.82) is 0 Å². The minimum atomic E-state index is -0.110. The summed E-state index contributed by atoms with van der Waals surface area (Å²) >= 11 is 6.05. The fraction of sp³-hybridized carbons (Fsp3) is 0.533. The second kappa shape index (κ2) is 4.80. The van der Waals surface area contributed by atoms with Gasteiger partial charge in [0.25, 0.3) is 0 Å². The molecule has 4 heteroatoms. The number of halogens is 1. The Kier molecular flexibility index (Phi) is 3.63. The van der Waals surface area contributed by atoms with Gasteiger partial charge in [-0.3, -0.25) is 0 Å². The van der Waals surface area contributed by atoms with E-state index in [1.54, 1.807) is 0 Å². The molecule has 1 aromatic heterocycles. The van der Waals surface area contributed by atoms with Crippen molar-refractivity contribution >= 4 is 22.6 Å². The number of imidazole rings is 1. The lowest BCUT2D eigenvalue weighted by molar-refractivity contribution is 0.305. The first-order chi connectivity index (χ1) is 8.71. The Balaban J connectivity index is 2.69. The highest BCUT2D eigenvalue weighted by Gasteiger charge is 2.28.